The largest absolute Gasteiger partial charge is 0.481 e. The van der Waals surface area contributed by atoms with Crippen LogP contribution in [0, 0.1) is 56.2 Å². The van der Waals surface area contributed by atoms with Crippen molar-refractivity contribution in [2.24, 2.45) is 56.2 Å². The van der Waals surface area contributed by atoms with Crippen LogP contribution in [0.25, 0.3) is 0 Å². The number of fused-ring (bicyclic) bond motifs is 7. The quantitative estimate of drug-likeness (QED) is 0.341. The second kappa shape index (κ2) is 9.41. The zero-order chi connectivity index (χ0) is 30.4. The van der Waals surface area contributed by atoms with Crippen molar-refractivity contribution in [3.63, 3.8) is 0 Å². The zero-order valence-corrected chi connectivity index (χ0v) is 26.1. The number of allylic oxidation sites excluding steroid dienone is 2. The Morgan fingerprint density at radius 2 is 1.54 bits per heavy atom. The SMILES string of the molecule is CC1(C(=O)O)CC[C@]2(C)CC[C@]3(C)[C@H](CC(=O)[C@@H]4[C@@]5(C)CC(OC(=O)CCC(=O)O)=CC(C)(C)C5CC[C@]43C)[C@H]2C1. The predicted molar refractivity (Wildman–Crippen MR) is 154 cm³/mol. The number of esters is 1. The van der Waals surface area contributed by atoms with E-state index in [0.717, 1.165) is 32.1 Å². The van der Waals surface area contributed by atoms with Crippen LogP contribution < -0.4 is 0 Å². The van der Waals surface area contributed by atoms with Gasteiger partial charge in [-0.15, -0.1) is 0 Å². The van der Waals surface area contributed by atoms with E-state index in [4.69, 9.17) is 9.84 Å². The van der Waals surface area contributed by atoms with Gasteiger partial charge >= 0.3 is 17.9 Å². The maximum Gasteiger partial charge on any atom is 0.311 e. The van der Waals surface area contributed by atoms with E-state index in [-0.39, 0.29) is 58.2 Å². The van der Waals surface area contributed by atoms with Crippen molar-refractivity contribution in [2.75, 3.05) is 0 Å². The van der Waals surface area contributed by atoms with Crippen molar-refractivity contribution >= 4 is 23.7 Å². The lowest BCUT2D eigenvalue weighted by atomic mass is 9.31. The number of hydrogen-bond acceptors (Lipinski definition) is 5. The van der Waals surface area contributed by atoms with E-state index < -0.39 is 28.7 Å². The highest BCUT2D eigenvalue weighted by Crippen LogP contribution is 2.76. The molecule has 0 radical (unpaired) electrons. The lowest BCUT2D eigenvalue weighted by Crippen LogP contribution is -2.68. The summed E-state index contributed by atoms with van der Waals surface area (Å²) < 4.78 is 5.79. The first-order chi connectivity index (χ1) is 18.8. The van der Waals surface area contributed by atoms with E-state index in [1.807, 2.05) is 13.0 Å². The average molecular weight is 571 g/mol. The van der Waals surface area contributed by atoms with Crippen LogP contribution in [0.15, 0.2) is 11.8 Å². The molecule has 0 aliphatic heterocycles. The normalized spacial score (nSPS) is 46.6. The number of ether oxygens (including phenoxy) is 1. The molecule has 5 rings (SSSR count). The van der Waals surface area contributed by atoms with Gasteiger partial charge in [0.15, 0.2) is 0 Å². The van der Waals surface area contributed by atoms with E-state index >= 15 is 0 Å². The van der Waals surface area contributed by atoms with Crippen LogP contribution in [0.2, 0.25) is 0 Å². The molecule has 7 heteroatoms. The van der Waals surface area contributed by atoms with Gasteiger partial charge in [0.2, 0.25) is 0 Å². The highest BCUT2D eigenvalue weighted by Gasteiger charge is 2.71. The molecule has 0 spiro atoms. The number of aliphatic carboxylic acids is 2. The molecule has 4 fully saturated rings. The summed E-state index contributed by atoms with van der Waals surface area (Å²) in [6, 6.07) is 0. The molecule has 4 saturated carbocycles. The lowest BCUT2D eigenvalue weighted by molar-refractivity contribution is -0.228. The number of Topliss-reactive ketones (excluding diaryl/α,β-unsaturated/α-hetero) is 1. The Morgan fingerprint density at radius 3 is 2.17 bits per heavy atom. The molecular formula is C34H50O7. The Kier molecular flexibility index (Phi) is 6.95. The molecule has 0 aromatic heterocycles. The fourth-order valence-corrected chi connectivity index (χ4v) is 11.3. The van der Waals surface area contributed by atoms with E-state index in [0.29, 0.717) is 37.2 Å². The monoisotopic (exact) mass is 570 g/mol. The minimum atomic E-state index is -1.03. The van der Waals surface area contributed by atoms with Crippen molar-refractivity contribution < 1.29 is 34.1 Å². The third kappa shape index (κ3) is 4.42. The average Bonchev–Trinajstić information content (AvgIpc) is 2.84. The minimum absolute atomic E-state index is 0.0661. The third-order valence-corrected chi connectivity index (χ3v) is 13.7. The Morgan fingerprint density at radius 1 is 0.878 bits per heavy atom. The van der Waals surface area contributed by atoms with Gasteiger partial charge < -0.3 is 14.9 Å². The molecule has 0 bridgehead atoms. The summed E-state index contributed by atoms with van der Waals surface area (Å²) >= 11 is 0. The van der Waals surface area contributed by atoms with Crippen molar-refractivity contribution in [1.82, 2.24) is 0 Å². The first-order valence-corrected chi connectivity index (χ1v) is 15.7. The molecule has 0 amide bonds. The van der Waals surface area contributed by atoms with Crippen LogP contribution in [-0.4, -0.2) is 33.9 Å². The summed E-state index contributed by atoms with van der Waals surface area (Å²) in [6.45, 7) is 15.6. The maximum atomic E-state index is 14.6. The molecule has 2 N–H and O–H groups in total. The summed E-state index contributed by atoms with van der Waals surface area (Å²) in [4.78, 5) is 50.5. The number of hydrogen-bond donors (Lipinski definition) is 2. The first-order valence-electron chi connectivity index (χ1n) is 15.7. The van der Waals surface area contributed by atoms with Gasteiger partial charge in [0.25, 0.3) is 0 Å². The number of carboxylic acids is 2. The molecule has 5 aliphatic carbocycles. The molecule has 5 aliphatic rings. The van der Waals surface area contributed by atoms with E-state index in [2.05, 4.69) is 41.5 Å². The Balaban J connectivity index is 1.50. The first kappa shape index (κ1) is 30.3. The van der Waals surface area contributed by atoms with E-state index in [1.165, 1.54) is 0 Å². The van der Waals surface area contributed by atoms with E-state index in [9.17, 15) is 24.3 Å². The number of carbonyl (C=O) groups is 4. The van der Waals surface area contributed by atoms with Crippen molar-refractivity contribution in [3.8, 4) is 0 Å². The summed E-state index contributed by atoms with van der Waals surface area (Å²) in [6.07, 6.45) is 8.87. The predicted octanol–water partition coefficient (Wildman–Crippen LogP) is 7.03. The van der Waals surface area contributed by atoms with Crippen LogP contribution >= 0.6 is 0 Å². The van der Waals surface area contributed by atoms with Gasteiger partial charge in [-0.1, -0.05) is 41.5 Å². The van der Waals surface area contributed by atoms with Gasteiger partial charge in [0.05, 0.1) is 18.3 Å². The highest BCUT2D eigenvalue weighted by molar-refractivity contribution is 5.85. The molecule has 0 aromatic rings. The van der Waals surface area contributed by atoms with Gasteiger partial charge in [-0.2, -0.15) is 0 Å². The topological polar surface area (TPSA) is 118 Å². The molecule has 228 valence electrons. The summed E-state index contributed by atoms with van der Waals surface area (Å²) in [7, 11) is 0. The fourth-order valence-electron chi connectivity index (χ4n) is 11.3. The summed E-state index contributed by atoms with van der Waals surface area (Å²) in [5.74, 6) is -0.998. The van der Waals surface area contributed by atoms with Crippen LogP contribution in [0.4, 0.5) is 0 Å². The van der Waals surface area contributed by atoms with Gasteiger partial charge in [-0.3, -0.25) is 19.2 Å². The zero-order valence-electron chi connectivity index (χ0n) is 26.1. The van der Waals surface area contributed by atoms with Gasteiger partial charge in [0.1, 0.15) is 11.5 Å². The third-order valence-electron chi connectivity index (χ3n) is 13.7. The van der Waals surface area contributed by atoms with Crippen LogP contribution in [-0.2, 0) is 23.9 Å². The molecule has 0 aromatic carbocycles. The van der Waals surface area contributed by atoms with Crippen LogP contribution in [0.3, 0.4) is 0 Å². The number of carboxylic acid groups (broad SMARTS) is 2. The lowest BCUT2D eigenvalue weighted by Gasteiger charge is -2.72. The summed E-state index contributed by atoms with van der Waals surface area (Å²) in [5, 5.41) is 19.2. The fraction of sp³-hybridized carbons (Fsp3) is 0.824. The Hall–Kier alpha value is -2.18. The highest BCUT2D eigenvalue weighted by atomic mass is 16.5. The molecule has 7 nitrogen and oxygen atoms in total. The van der Waals surface area contributed by atoms with Gasteiger partial charge in [0, 0.05) is 18.8 Å². The maximum absolute atomic E-state index is 14.6. The standard InChI is InChI=1S/C34H50O7/c1-29(2)17-20(41-26(38)9-8-25(36)37)18-32(5)24(29)10-11-34(7)27(32)23(35)16-21-22-19-31(4,28(39)40)13-12-30(22,3)14-15-33(21,34)6/h17,21-22,24,27H,8-16,18-19H2,1-7H3,(H,36,37)(H,39,40)/t21-,22-,24?,27-,30-,31?,32+,33-,34-/m1/s1. The van der Waals surface area contributed by atoms with Crippen molar-refractivity contribution in [1.29, 1.82) is 0 Å². The number of rotatable bonds is 5. The minimum Gasteiger partial charge on any atom is -0.481 e. The Bertz CT molecular complexity index is 1200. The van der Waals surface area contributed by atoms with Gasteiger partial charge in [-0.25, -0.2) is 0 Å². The number of carbonyl (C=O) groups excluding carboxylic acids is 2. The Labute approximate surface area is 244 Å². The molecule has 41 heavy (non-hydrogen) atoms. The summed E-state index contributed by atoms with van der Waals surface area (Å²) in [5.41, 5.74) is -1.71. The van der Waals surface area contributed by atoms with Crippen molar-refractivity contribution in [3.05, 3.63) is 11.8 Å². The van der Waals surface area contributed by atoms with E-state index in [1.54, 1.807) is 0 Å². The van der Waals surface area contributed by atoms with Crippen LogP contribution in [0.5, 0.6) is 0 Å². The molecular weight excluding hydrogens is 520 g/mol. The molecule has 0 heterocycles. The smallest absolute Gasteiger partial charge is 0.311 e. The second-order valence-corrected chi connectivity index (χ2v) is 16.4. The second-order valence-electron chi connectivity index (χ2n) is 16.4. The number of ketones is 1. The molecule has 0 saturated heterocycles. The molecule has 2 unspecified atom stereocenters. The molecule has 9 atom stereocenters. The van der Waals surface area contributed by atoms with Gasteiger partial charge in [-0.05, 0) is 103 Å². The van der Waals surface area contributed by atoms with Crippen LogP contribution in [0.1, 0.15) is 119 Å². The van der Waals surface area contributed by atoms with Crippen molar-refractivity contribution in [2.45, 2.75) is 119 Å².